The number of amides is 1. The van der Waals surface area contributed by atoms with Crippen molar-refractivity contribution in [3.8, 4) is 11.5 Å². The van der Waals surface area contributed by atoms with Crippen LogP contribution in [0.5, 0.6) is 11.5 Å². The molecule has 2 fully saturated rings. The van der Waals surface area contributed by atoms with Crippen LogP contribution in [-0.4, -0.2) is 60.1 Å². The fraction of sp³-hybridized carbons (Fsp3) is 0.444. The first kappa shape index (κ1) is 21.8. The lowest BCUT2D eigenvalue weighted by Crippen LogP contribution is -2.38. The van der Waals surface area contributed by atoms with Gasteiger partial charge in [0.1, 0.15) is 17.6 Å². The number of nitrogens with zero attached hydrogens (tertiary/aromatic N) is 2. The minimum absolute atomic E-state index is 0.0666. The maximum atomic E-state index is 13.1. The molecule has 0 saturated carbocycles. The summed E-state index contributed by atoms with van der Waals surface area (Å²) in [6.45, 7) is 6.72. The van der Waals surface area contributed by atoms with Crippen LogP contribution < -0.4 is 9.47 Å². The van der Waals surface area contributed by atoms with E-state index in [1.165, 1.54) is 22.2 Å². The third kappa shape index (κ3) is 4.58. The molecule has 0 atom stereocenters. The Morgan fingerprint density at radius 3 is 2.55 bits per heavy atom. The van der Waals surface area contributed by atoms with E-state index in [0.29, 0.717) is 11.3 Å². The number of fused-ring (bicyclic) bond motifs is 1. The SMILES string of the molecule is COc1ccc(C(=O)N2CCCC2)c(OC2CCN(Cc3[nH]c4ccccc4c3C)CC2)c1. The van der Waals surface area contributed by atoms with Gasteiger partial charge in [0, 0.05) is 55.4 Å². The van der Waals surface area contributed by atoms with Gasteiger partial charge < -0.3 is 19.4 Å². The number of piperidine rings is 1. The summed E-state index contributed by atoms with van der Waals surface area (Å²) in [4.78, 5) is 21.1. The van der Waals surface area contributed by atoms with Gasteiger partial charge in [0.2, 0.25) is 0 Å². The van der Waals surface area contributed by atoms with Crippen molar-refractivity contribution in [2.75, 3.05) is 33.3 Å². The predicted molar refractivity (Wildman–Crippen MR) is 130 cm³/mol. The molecular weight excluding hydrogens is 414 g/mol. The number of aromatic amines is 1. The van der Waals surface area contributed by atoms with E-state index >= 15 is 0 Å². The second-order valence-corrected chi connectivity index (χ2v) is 9.23. The molecule has 174 valence electrons. The van der Waals surface area contributed by atoms with Crippen molar-refractivity contribution in [2.24, 2.45) is 0 Å². The Morgan fingerprint density at radius 2 is 1.82 bits per heavy atom. The fourth-order valence-corrected chi connectivity index (χ4v) is 5.08. The number of H-pyrrole nitrogens is 1. The lowest BCUT2D eigenvalue weighted by molar-refractivity contribution is 0.0764. The van der Waals surface area contributed by atoms with Gasteiger partial charge in [-0.15, -0.1) is 0 Å². The predicted octanol–water partition coefficient (Wildman–Crippen LogP) is 4.76. The molecule has 5 rings (SSSR count). The Hall–Kier alpha value is -2.99. The molecule has 1 amide bonds. The number of methoxy groups -OCH3 is 1. The fourth-order valence-electron chi connectivity index (χ4n) is 5.08. The molecule has 0 spiro atoms. The number of likely N-dealkylation sites (tertiary alicyclic amines) is 2. The van der Waals surface area contributed by atoms with E-state index in [4.69, 9.17) is 9.47 Å². The molecule has 0 aliphatic carbocycles. The summed E-state index contributed by atoms with van der Waals surface area (Å²) in [5, 5.41) is 1.30. The highest BCUT2D eigenvalue weighted by atomic mass is 16.5. The van der Waals surface area contributed by atoms with Gasteiger partial charge in [-0.05, 0) is 56.4 Å². The van der Waals surface area contributed by atoms with E-state index in [9.17, 15) is 4.79 Å². The molecule has 0 unspecified atom stereocenters. The molecule has 2 saturated heterocycles. The van der Waals surface area contributed by atoms with Crippen LogP contribution in [0.25, 0.3) is 10.9 Å². The minimum Gasteiger partial charge on any atom is -0.497 e. The highest BCUT2D eigenvalue weighted by Crippen LogP contribution is 2.30. The van der Waals surface area contributed by atoms with Crippen molar-refractivity contribution in [3.63, 3.8) is 0 Å². The summed E-state index contributed by atoms with van der Waals surface area (Å²) >= 11 is 0. The Bertz CT molecular complexity index is 1120. The summed E-state index contributed by atoms with van der Waals surface area (Å²) in [5.41, 5.74) is 4.48. The van der Waals surface area contributed by atoms with Gasteiger partial charge in [-0.3, -0.25) is 9.69 Å². The third-order valence-electron chi connectivity index (χ3n) is 7.09. The zero-order chi connectivity index (χ0) is 22.8. The number of hydrogen-bond donors (Lipinski definition) is 1. The second-order valence-electron chi connectivity index (χ2n) is 9.23. The van der Waals surface area contributed by atoms with Crippen LogP contribution in [0, 0.1) is 6.92 Å². The quantitative estimate of drug-likeness (QED) is 0.592. The molecule has 2 aliphatic heterocycles. The number of para-hydroxylation sites is 1. The maximum absolute atomic E-state index is 13.1. The Kier molecular flexibility index (Phi) is 6.27. The summed E-state index contributed by atoms with van der Waals surface area (Å²) in [5.74, 6) is 1.43. The van der Waals surface area contributed by atoms with Crippen LogP contribution in [0.3, 0.4) is 0 Å². The molecule has 6 nitrogen and oxygen atoms in total. The van der Waals surface area contributed by atoms with E-state index in [0.717, 1.165) is 64.2 Å². The summed E-state index contributed by atoms with van der Waals surface area (Å²) in [6.07, 6.45) is 4.13. The molecule has 1 N–H and O–H groups in total. The molecule has 1 aromatic heterocycles. The number of hydrogen-bond acceptors (Lipinski definition) is 4. The van der Waals surface area contributed by atoms with Gasteiger partial charge in [0.25, 0.3) is 5.91 Å². The first-order valence-corrected chi connectivity index (χ1v) is 12.0. The van der Waals surface area contributed by atoms with Crippen LogP contribution in [0.1, 0.15) is 47.3 Å². The zero-order valence-electron chi connectivity index (χ0n) is 19.6. The monoisotopic (exact) mass is 447 g/mol. The number of nitrogens with one attached hydrogen (secondary N) is 1. The van der Waals surface area contributed by atoms with E-state index in [1.54, 1.807) is 7.11 Å². The number of carbonyl (C=O) groups is 1. The first-order valence-electron chi connectivity index (χ1n) is 12.0. The standard InChI is InChI=1S/C27H33N3O3/c1-19-22-7-3-4-8-24(22)28-25(19)18-29-15-11-20(12-16-29)33-26-17-21(32-2)9-10-23(26)27(31)30-13-5-6-14-30/h3-4,7-10,17,20,28H,5-6,11-16,18H2,1-2H3. The molecule has 3 aromatic rings. The molecule has 6 heteroatoms. The largest absolute Gasteiger partial charge is 0.497 e. The van der Waals surface area contributed by atoms with Crippen molar-refractivity contribution in [3.05, 3.63) is 59.3 Å². The lowest BCUT2D eigenvalue weighted by atomic mass is 10.1. The van der Waals surface area contributed by atoms with Crippen LogP contribution in [-0.2, 0) is 6.54 Å². The van der Waals surface area contributed by atoms with Crippen molar-refractivity contribution >= 4 is 16.8 Å². The van der Waals surface area contributed by atoms with Gasteiger partial charge >= 0.3 is 0 Å². The number of rotatable bonds is 6. The summed E-state index contributed by atoms with van der Waals surface area (Å²) in [6, 6.07) is 14.1. The molecule has 2 aromatic carbocycles. The molecule has 0 radical (unpaired) electrons. The number of carbonyl (C=O) groups excluding carboxylic acids is 1. The molecular formula is C27H33N3O3. The van der Waals surface area contributed by atoms with Gasteiger partial charge in [0.05, 0.1) is 12.7 Å². The van der Waals surface area contributed by atoms with Crippen molar-refractivity contribution in [2.45, 2.75) is 45.3 Å². The Morgan fingerprint density at radius 1 is 1.06 bits per heavy atom. The van der Waals surface area contributed by atoms with Crippen LogP contribution in [0.2, 0.25) is 0 Å². The average molecular weight is 448 g/mol. The zero-order valence-corrected chi connectivity index (χ0v) is 19.6. The van der Waals surface area contributed by atoms with Crippen molar-refractivity contribution in [1.82, 2.24) is 14.8 Å². The normalized spacial score (nSPS) is 17.6. The highest BCUT2D eigenvalue weighted by Gasteiger charge is 2.26. The number of aromatic nitrogens is 1. The average Bonchev–Trinajstić information content (AvgIpc) is 3.49. The maximum Gasteiger partial charge on any atom is 0.257 e. The summed E-state index contributed by atoms with van der Waals surface area (Å²) in [7, 11) is 1.64. The third-order valence-corrected chi connectivity index (χ3v) is 7.09. The van der Waals surface area contributed by atoms with Crippen LogP contribution in [0.4, 0.5) is 0 Å². The molecule has 3 heterocycles. The number of ether oxygens (including phenoxy) is 2. The molecule has 2 aliphatic rings. The lowest BCUT2D eigenvalue weighted by Gasteiger charge is -2.32. The van der Waals surface area contributed by atoms with Gasteiger partial charge in [-0.1, -0.05) is 18.2 Å². The van der Waals surface area contributed by atoms with Crippen LogP contribution in [0.15, 0.2) is 42.5 Å². The van der Waals surface area contributed by atoms with Gasteiger partial charge in [-0.2, -0.15) is 0 Å². The summed E-state index contributed by atoms with van der Waals surface area (Å²) < 4.78 is 11.8. The highest BCUT2D eigenvalue weighted by molar-refractivity contribution is 5.97. The van der Waals surface area contributed by atoms with Crippen molar-refractivity contribution in [1.29, 1.82) is 0 Å². The van der Waals surface area contributed by atoms with E-state index in [2.05, 4.69) is 41.1 Å². The number of aryl methyl sites for hydroxylation is 1. The second kappa shape index (κ2) is 9.48. The Balaban J connectivity index is 1.24. The van der Waals surface area contributed by atoms with Gasteiger partial charge in [-0.25, -0.2) is 0 Å². The van der Waals surface area contributed by atoms with Crippen molar-refractivity contribution < 1.29 is 14.3 Å². The van der Waals surface area contributed by atoms with Gasteiger partial charge in [0.15, 0.2) is 0 Å². The molecule has 33 heavy (non-hydrogen) atoms. The molecule has 0 bridgehead atoms. The minimum atomic E-state index is 0.0666. The first-order chi connectivity index (χ1) is 16.1. The van der Waals surface area contributed by atoms with E-state index < -0.39 is 0 Å². The Labute approximate surface area is 195 Å². The van der Waals surface area contributed by atoms with E-state index in [-0.39, 0.29) is 12.0 Å². The van der Waals surface area contributed by atoms with E-state index in [1.807, 2.05) is 23.1 Å². The topological polar surface area (TPSA) is 57.8 Å². The van der Waals surface area contributed by atoms with Crippen LogP contribution >= 0.6 is 0 Å². The number of benzene rings is 2. The smallest absolute Gasteiger partial charge is 0.257 e.